The standard InChI is InChI=1S/C33H29N3O6S2/c1-3-4-16-41-24-15-14-22(18-25(24)40-2)28-27(29(37)26-17-21-12-8-9-13-23(21)42-26)30(38)31(39)36(28)32-34-35-33(44-32)43-19-20-10-6-5-7-11-20/h5-15,17-18,28,38H,3-4,16,19H2,1-2H3. The van der Waals surface area contributed by atoms with Crippen LogP contribution >= 0.6 is 23.1 Å². The summed E-state index contributed by atoms with van der Waals surface area (Å²) in [5.74, 6) is -0.383. The number of nitrogens with zero attached hydrogens (tertiary/aromatic N) is 3. The molecule has 1 atom stereocenters. The maximum atomic E-state index is 14.0. The number of aromatic nitrogens is 2. The van der Waals surface area contributed by atoms with Crippen molar-refractivity contribution < 1.29 is 28.6 Å². The molecule has 9 nitrogen and oxygen atoms in total. The van der Waals surface area contributed by atoms with Crippen molar-refractivity contribution in [1.82, 2.24) is 10.2 Å². The summed E-state index contributed by atoms with van der Waals surface area (Å²) in [6, 6.07) is 23.0. The zero-order chi connectivity index (χ0) is 30.6. The van der Waals surface area contributed by atoms with Gasteiger partial charge in [0.1, 0.15) is 5.58 Å². The van der Waals surface area contributed by atoms with Crippen LogP contribution in [0.1, 0.15) is 47.5 Å². The quantitative estimate of drug-likeness (QED) is 0.0648. The Bertz CT molecular complexity index is 1820. The normalized spacial score (nSPS) is 14.9. The smallest absolute Gasteiger partial charge is 0.296 e. The molecule has 1 aliphatic rings. The maximum absolute atomic E-state index is 14.0. The van der Waals surface area contributed by atoms with Gasteiger partial charge in [0.05, 0.1) is 25.3 Å². The number of carbonyl (C=O) groups is 2. The van der Waals surface area contributed by atoms with Crippen molar-refractivity contribution in [3.8, 4) is 11.5 Å². The van der Waals surface area contributed by atoms with Gasteiger partial charge >= 0.3 is 0 Å². The fraction of sp³-hybridized carbons (Fsp3) is 0.212. The highest BCUT2D eigenvalue weighted by Crippen LogP contribution is 2.45. The second-order valence-corrected chi connectivity index (χ2v) is 12.2. The molecule has 0 bridgehead atoms. The van der Waals surface area contributed by atoms with Gasteiger partial charge < -0.3 is 19.0 Å². The largest absolute Gasteiger partial charge is 0.503 e. The summed E-state index contributed by atoms with van der Waals surface area (Å²) in [5, 5.41) is 20.8. The number of carbonyl (C=O) groups excluding carboxylic acids is 2. The van der Waals surface area contributed by atoms with E-state index in [0.717, 1.165) is 23.8 Å². The number of methoxy groups -OCH3 is 1. The first-order chi connectivity index (χ1) is 21.5. The number of fused-ring (bicyclic) bond motifs is 1. The van der Waals surface area contributed by atoms with Crippen molar-refractivity contribution in [2.45, 2.75) is 35.9 Å². The SMILES string of the molecule is CCCCOc1ccc(C2C(C(=O)c3cc4ccccc4o3)=C(O)C(=O)N2c2nnc(SCc3ccccc3)s2)cc1OC. The van der Waals surface area contributed by atoms with E-state index < -0.39 is 23.5 Å². The van der Waals surface area contributed by atoms with E-state index in [0.29, 0.717) is 39.3 Å². The van der Waals surface area contributed by atoms with Crippen molar-refractivity contribution in [2.24, 2.45) is 0 Å². The number of unbranched alkanes of at least 4 members (excludes halogenated alkanes) is 1. The first kappa shape index (κ1) is 29.5. The topological polar surface area (TPSA) is 115 Å². The molecule has 6 rings (SSSR count). The molecular weight excluding hydrogens is 599 g/mol. The number of furan rings is 1. The van der Waals surface area contributed by atoms with Gasteiger partial charge in [0.25, 0.3) is 5.91 Å². The van der Waals surface area contributed by atoms with Gasteiger partial charge in [-0.2, -0.15) is 0 Å². The van der Waals surface area contributed by atoms with Gasteiger partial charge in [0.15, 0.2) is 27.4 Å². The molecule has 0 fully saturated rings. The van der Waals surface area contributed by atoms with Gasteiger partial charge in [-0.3, -0.25) is 14.5 Å². The van der Waals surface area contributed by atoms with Crippen LogP contribution in [0.4, 0.5) is 5.13 Å². The highest BCUT2D eigenvalue weighted by molar-refractivity contribution is 8.00. The average Bonchev–Trinajstić information content (AvgIpc) is 3.77. The number of hydrogen-bond donors (Lipinski definition) is 1. The molecule has 1 amide bonds. The van der Waals surface area contributed by atoms with E-state index in [1.807, 2.05) is 42.5 Å². The molecule has 44 heavy (non-hydrogen) atoms. The molecular formula is C33H29N3O6S2. The van der Waals surface area contributed by atoms with Crippen LogP contribution in [0.5, 0.6) is 11.5 Å². The zero-order valence-electron chi connectivity index (χ0n) is 24.1. The number of Topliss-reactive ketones (excluding diaryl/α,β-unsaturated/α-hetero) is 1. The van der Waals surface area contributed by atoms with Crippen LogP contribution in [0.3, 0.4) is 0 Å². The van der Waals surface area contributed by atoms with Crippen LogP contribution < -0.4 is 14.4 Å². The third-order valence-electron chi connectivity index (χ3n) is 7.17. The summed E-state index contributed by atoms with van der Waals surface area (Å²) >= 11 is 2.70. The first-order valence-corrected chi connectivity index (χ1v) is 15.9. The summed E-state index contributed by atoms with van der Waals surface area (Å²) in [5.41, 5.74) is 2.04. The van der Waals surface area contributed by atoms with Crippen LogP contribution in [0.2, 0.25) is 0 Å². The predicted octanol–water partition coefficient (Wildman–Crippen LogP) is 7.55. The summed E-state index contributed by atoms with van der Waals surface area (Å²) in [4.78, 5) is 29.0. The second kappa shape index (κ2) is 12.9. The second-order valence-electron chi connectivity index (χ2n) is 10.1. The Morgan fingerprint density at radius 1 is 1.05 bits per heavy atom. The van der Waals surface area contributed by atoms with Crippen molar-refractivity contribution >= 4 is 50.9 Å². The summed E-state index contributed by atoms with van der Waals surface area (Å²) in [7, 11) is 1.53. The molecule has 2 aromatic heterocycles. The minimum atomic E-state index is -1.03. The van der Waals surface area contributed by atoms with Gasteiger partial charge in [0, 0.05) is 11.1 Å². The number of thioether (sulfide) groups is 1. The lowest BCUT2D eigenvalue weighted by atomic mass is 9.95. The number of rotatable bonds is 12. The molecule has 3 heterocycles. The maximum Gasteiger partial charge on any atom is 0.296 e. The van der Waals surface area contributed by atoms with E-state index in [9.17, 15) is 14.7 Å². The molecule has 3 aromatic carbocycles. The number of anilines is 1. The monoisotopic (exact) mass is 627 g/mol. The molecule has 11 heteroatoms. The summed E-state index contributed by atoms with van der Waals surface area (Å²) < 4.78 is 18.0. The van der Waals surface area contributed by atoms with Gasteiger partial charge in [-0.05, 0) is 41.8 Å². The van der Waals surface area contributed by atoms with Crippen molar-refractivity contribution in [3.63, 3.8) is 0 Å². The van der Waals surface area contributed by atoms with Gasteiger partial charge in [-0.15, -0.1) is 10.2 Å². The molecule has 1 aliphatic heterocycles. The molecule has 5 aromatic rings. The first-order valence-electron chi connectivity index (χ1n) is 14.1. The van der Waals surface area contributed by atoms with E-state index in [-0.39, 0.29) is 16.5 Å². The van der Waals surface area contributed by atoms with Crippen LogP contribution in [0.15, 0.2) is 99.0 Å². The fourth-order valence-electron chi connectivity index (χ4n) is 4.95. The molecule has 1 unspecified atom stereocenters. The number of hydrogen-bond acceptors (Lipinski definition) is 10. The van der Waals surface area contributed by atoms with Crippen LogP contribution in [-0.4, -0.2) is 40.7 Å². The van der Waals surface area contributed by atoms with E-state index in [1.54, 1.807) is 36.4 Å². The fourth-order valence-corrected chi connectivity index (χ4v) is 6.78. The Morgan fingerprint density at radius 2 is 1.84 bits per heavy atom. The van der Waals surface area contributed by atoms with Gasteiger partial charge in [-0.25, -0.2) is 0 Å². The van der Waals surface area contributed by atoms with E-state index in [2.05, 4.69) is 17.1 Å². The average molecular weight is 628 g/mol. The van der Waals surface area contributed by atoms with E-state index in [4.69, 9.17) is 13.9 Å². The lowest BCUT2D eigenvalue weighted by Gasteiger charge is -2.24. The van der Waals surface area contributed by atoms with Crippen LogP contribution in [-0.2, 0) is 10.5 Å². The molecule has 224 valence electrons. The third-order valence-corrected chi connectivity index (χ3v) is 9.29. The molecule has 0 aliphatic carbocycles. The number of aliphatic hydroxyl groups excluding tert-OH is 1. The number of aliphatic hydroxyl groups is 1. The van der Waals surface area contributed by atoms with Crippen molar-refractivity contribution in [2.75, 3.05) is 18.6 Å². The van der Waals surface area contributed by atoms with Crippen molar-refractivity contribution in [3.05, 3.63) is 107 Å². The highest BCUT2D eigenvalue weighted by atomic mass is 32.2. The van der Waals surface area contributed by atoms with Gasteiger partial charge in [-0.1, -0.05) is 91.0 Å². The van der Waals surface area contributed by atoms with Crippen LogP contribution in [0, 0.1) is 0 Å². The molecule has 0 saturated carbocycles. The number of ether oxygens (including phenoxy) is 2. The Labute approximate surface area is 262 Å². The summed E-state index contributed by atoms with van der Waals surface area (Å²) in [6.07, 6.45) is 1.86. The zero-order valence-corrected chi connectivity index (χ0v) is 25.7. The predicted molar refractivity (Wildman–Crippen MR) is 170 cm³/mol. The number of benzene rings is 3. The van der Waals surface area contributed by atoms with Gasteiger partial charge in [0.2, 0.25) is 10.9 Å². The Morgan fingerprint density at radius 3 is 2.61 bits per heavy atom. The Hall–Kier alpha value is -4.61. The van der Waals surface area contributed by atoms with E-state index >= 15 is 0 Å². The van der Waals surface area contributed by atoms with Crippen molar-refractivity contribution in [1.29, 1.82) is 0 Å². The van der Waals surface area contributed by atoms with Crippen LogP contribution in [0.25, 0.3) is 11.0 Å². The number of para-hydroxylation sites is 1. The van der Waals surface area contributed by atoms with E-state index in [1.165, 1.54) is 35.1 Å². The molecule has 1 N–H and O–H groups in total. The third kappa shape index (κ3) is 5.80. The molecule has 0 saturated heterocycles. The minimum Gasteiger partial charge on any atom is -0.503 e. The minimum absolute atomic E-state index is 0.00949. The number of ketones is 1. The molecule has 0 radical (unpaired) electrons. The number of amides is 1. The summed E-state index contributed by atoms with van der Waals surface area (Å²) in [6.45, 7) is 2.60. The molecule has 0 spiro atoms. The Kier molecular flexibility index (Phi) is 8.67. The lowest BCUT2D eigenvalue weighted by Crippen LogP contribution is -2.31. The Balaban J connectivity index is 1.39. The lowest BCUT2D eigenvalue weighted by molar-refractivity contribution is -0.117. The highest BCUT2D eigenvalue weighted by Gasteiger charge is 2.47.